The van der Waals surface area contributed by atoms with Gasteiger partial charge in [0.2, 0.25) is 11.8 Å². The summed E-state index contributed by atoms with van der Waals surface area (Å²) in [5.74, 6) is -0.110. The van der Waals surface area contributed by atoms with Gasteiger partial charge in [0.1, 0.15) is 0 Å². The topological polar surface area (TPSA) is 76.3 Å². The number of hydrogen-bond donors (Lipinski definition) is 1. The van der Waals surface area contributed by atoms with Gasteiger partial charge < -0.3 is 10.6 Å². The molecule has 96 valence electrons. The van der Waals surface area contributed by atoms with Gasteiger partial charge in [-0.3, -0.25) is 14.6 Å². The molecule has 18 heavy (non-hydrogen) atoms. The summed E-state index contributed by atoms with van der Waals surface area (Å²) in [6, 6.07) is 3.52. The number of aromatic nitrogens is 1. The predicted octanol–water partition coefficient (Wildman–Crippen LogP) is 0.906. The summed E-state index contributed by atoms with van der Waals surface area (Å²) in [6.45, 7) is 3.12. The summed E-state index contributed by atoms with van der Waals surface area (Å²) in [5, 5.41) is 0. The maximum atomic E-state index is 11.4. The van der Waals surface area contributed by atoms with Gasteiger partial charge >= 0.3 is 0 Å². The van der Waals surface area contributed by atoms with Crippen molar-refractivity contribution >= 4 is 11.8 Å². The first kappa shape index (κ1) is 12.5. The second-order valence-electron chi connectivity index (χ2n) is 4.64. The average molecular weight is 247 g/mol. The van der Waals surface area contributed by atoms with Gasteiger partial charge in [0.25, 0.3) is 0 Å². The molecule has 1 aromatic rings. The van der Waals surface area contributed by atoms with Crippen LogP contribution in [0.15, 0.2) is 18.3 Å². The van der Waals surface area contributed by atoms with E-state index in [-0.39, 0.29) is 11.8 Å². The van der Waals surface area contributed by atoms with Gasteiger partial charge in [-0.15, -0.1) is 0 Å². The number of carbonyl (C=O) groups is 2. The van der Waals surface area contributed by atoms with Gasteiger partial charge in [-0.05, 0) is 25.0 Å². The number of primary amides is 1. The first-order valence-electron chi connectivity index (χ1n) is 6.09. The fourth-order valence-corrected chi connectivity index (χ4v) is 2.30. The Balaban J connectivity index is 2.11. The highest BCUT2D eigenvalue weighted by atomic mass is 16.2. The third-order valence-corrected chi connectivity index (χ3v) is 3.36. The lowest BCUT2D eigenvalue weighted by Crippen LogP contribution is -2.37. The molecule has 2 rings (SSSR count). The van der Waals surface area contributed by atoms with E-state index in [0.29, 0.717) is 12.1 Å². The highest BCUT2D eigenvalue weighted by Crippen LogP contribution is 2.25. The molecule has 5 heteroatoms. The molecular weight excluding hydrogens is 230 g/mol. The van der Waals surface area contributed by atoms with Crippen LogP contribution in [0.4, 0.5) is 0 Å². The van der Waals surface area contributed by atoms with E-state index in [1.54, 1.807) is 13.0 Å². The predicted molar refractivity (Wildman–Crippen MR) is 67.0 cm³/mol. The number of rotatable bonds is 2. The molecule has 0 aromatic carbocycles. The van der Waals surface area contributed by atoms with Crippen molar-refractivity contribution < 1.29 is 9.59 Å². The number of hydrogen-bond acceptors (Lipinski definition) is 3. The third-order valence-electron chi connectivity index (χ3n) is 3.36. The molecule has 5 nitrogen and oxygen atoms in total. The second kappa shape index (κ2) is 5.16. The summed E-state index contributed by atoms with van der Waals surface area (Å²) < 4.78 is 0. The van der Waals surface area contributed by atoms with Crippen LogP contribution >= 0.6 is 0 Å². The zero-order valence-corrected chi connectivity index (χ0v) is 10.4. The zero-order valence-electron chi connectivity index (χ0n) is 10.4. The van der Waals surface area contributed by atoms with E-state index in [9.17, 15) is 9.59 Å². The molecule has 2 amide bonds. The van der Waals surface area contributed by atoms with Crippen LogP contribution in [-0.2, 0) is 4.79 Å². The summed E-state index contributed by atoms with van der Waals surface area (Å²) in [5.41, 5.74) is 6.51. The van der Waals surface area contributed by atoms with Crippen molar-refractivity contribution in [3.05, 3.63) is 29.6 Å². The number of amides is 2. The minimum absolute atomic E-state index is 0.105. The van der Waals surface area contributed by atoms with Crippen molar-refractivity contribution in [1.82, 2.24) is 9.88 Å². The van der Waals surface area contributed by atoms with Crippen molar-refractivity contribution in [2.45, 2.75) is 25.7 Å². The van der Waals surface area contributed by atoms with E-state index in [0.717, 1.165) is 25.1 Å². The number of nitrogens with two attached hydrogens (primary N) is 1. The first-order valence-corrected chi connectivity index (χ1v) is 6.09. The molecule has 0 bridgehead atoms. The van der Waals surface area contributed by atoms with E-state index in [4.69, 9.17) is 5.73 Å². The molecule has 0 unspecified atom stereocenters. The monoisotopic (exact) mass is 247 g/mol. The Morgan fingerprint density at radius 1 is 1.44 bits per heavy atom. The Kier molecular flexibility index (Phi) is 3.60. The zero-order chi connectivity index (χ0) is 13.1. The van der Waals surface area contributed by atoms with E-state index in [1.807, 2.05) is 11.0 Å². The van der Waals surface area contributed by atoms with E-state index in [2.05, 4.69) is 4.98 Å². The molecule has 1 saturated heterocycles. The second-order valence-corrected chi connectivity index (χ2v) is 4.64. The van der Waals surface area contributed by atoms with Crippen molar-refractivity contribution in [1.29, 1.82) is 0 Å². The molecule has 0 radical (unpaired) electrons. The number of likely N-dealkylation sites (tertiary alicyclic amines) is 1. The lowest BCUT2D eigenvalue weighted by molar-refractivity contribution is -0.130. The minimum Gasteiger partial charge on any atom is -0.366 e. The highest BCUT2D eigenvalue weighted by Gasteiger charge is 2.23. The van der Waals surface area contributed by atoms with Crippen LogP contribution in [0.2, 0.25) is 0 Å². The number of carbonyl (C=O) groups excluding carboxylic acids is 2. The molecular formula is C13H17N3O2. The van der Waals surface area contributed by atoms with Crippen LogP contribution in [0, 0.1) is 0 Å². The molecule has 2 heterocycles. The first-order chi connectivity index (χ1) is 8.58. The number of pyridine rings is 1. The fourth-order valence-electron chi connectivity index (χ4n) is 2.30. The summed E-state index contributed by atoms with van der Waals surface area (Å²) >= 11 is 0. The quantitative estimate of drug-likeness (QED) is 0.843. The Morgan fingerprint density at radius 3 is 2.78 bits per heavy atom. The Labute approximate surface area is 106 Å². The van der Waals surface area contributed by atoms with Crippen LogP contribution in [-0.4, -0.2) is 34.8 Å². The SMILES string of the molecule is CC(=O)N1CCC[C@@H](c2ccc(C(N)=O)cn2)C1. The van der Waals surface area contributed by atoms with Crippen molar-refractivity contribution in [2.75, 3.05) is 13.1 Å². The Bertz CT molecular complexity index is 456. The molecule has 0 saturated carbocycles. The van der Waals surface area contributed by atoms with Crippen LogP contribution < -0.4 is 5.73 Å². The van der Waals surface area contributed by atoms with Gasteiger partial charge in [-0.25, -0.2) is 0 Å². The molecule has 1 atom stereocenters. The van der Waals surface area contributed by atoms with Crippen molar-refractivity contribution in [3.8, 4) is 0 Å². The molecule has 1 aliphatic rings. The normalized spacial score (nSPS) is 19.6. The summed E-state index contributed by atoms with van der Waals surface area (Å²) in [7, 11) is 0. The van der Waals surface area contributed by atoms with Crippen molar-refractivity contribution in [2.24, 2.45) is 5.73 Å². The standard InChI is InChI=1S/C13H17N3O2/c1-9(17)16-6-2-3-11(8-16)12-5-4-10(7-15-12)13(14)18/h4-5,7,11H,2-3,6,8H2,1H3,(H2,14,18)/t11-/m1/s1. The van der Waals surface area contributed by atoms with Crippen LogP contribution in [0.25, 0.3) is 0 Å². The van der Waals surface area contributed by atoms with Crippen LogP contribution in [0.1, 0.15) is 41.7 Å². The van der Waals surface area contributed by atoms with Crippen LogP contribution in [0.3, 0.4) is 0 Å². The molecule has 1 aliphatic heterocycles. The van der Waals surface area contributed by atoms with Gasteiger partial charge in [0, 0.05) is 37.8 Å². The van der Waals surface area contributed by atoms with Crippen LogP contribution in [0.5, 0.6) is 0 Å². The summed E-state index contributed by atoms with van der Waals surface area (Å²) in [4.78, 5) is 28.4. The smallest absolute Gasteiger partial charge is 0.250 e. The Hall–Kier alpha value is -1.91. The van der Waals surface area contributed by atoms with Gasteiger partial charge in [0.15, 0.2) is 0 Å². The lowest BCUT2D eigenvalue weighted by Gasteiger charge is -2.31. The highest BCUT2D eigenvalue weighted by molar-refractivity contribution is 5.92. The number of piperidine rings is 1. The van der Waals surface area contributed by atoms with Gasteiger partial charge in [0.05, 0.1) is 5.56 Å². The molecule has 2 N–H and O–H groups in total. The molecule has 0 spiro atoms. The number of nitrogens with zero attached hydrogens (tertiary/aromatic N) is 2. The molecule has 0 aliphatic carbocycles. The fraction of sp³-hybridized carbons (Fsp3) is 0.462. The maximum absolute atomic E-state index is 11.4. The largest absolute Gasteiger partial charge is 0.366 e. The van der Waals surface area contributed by atoms with Crippen molar-refractivity contribution in [3.63, 3.8) is 0 Å². The maximum Gasteiger partial charge on any atom is 0.250 e. The third kappa shape index (κ3) is 2.67. The molecule has 1 aromatic heterocycles. The minimum atomic E-state index is -0.469. The van der Waals surface area contributed by atoms with Gasteiger partial charge in [-0.1, -0.05) is 0 Å². The van der Waals surface area contributed by atoms with E-state index in [1.165, 1.54) is 6.20 Å². The van der Waals surface area contributed by atoms with Gasteiger partial charge in [-0.2, -0.15) is 0 Å². The van der Waals surface area contributed by atoms with E-state index < -0.39 is 5.91 Å². The van der Waals surface area contributed by atoms with E-state index >= 15 is 0 Å². The Morgan fingerprint density at radius 2 is 2.22 bits per heavy atom. The summed E-state index contributed by atoms with van der Waals surface area (Å²) in [6.07, 6.45) is 3.51. The average Bonchev–Trinajstić information content (AvgIpc) is 2.39. The molecule has 1 fully saturated rings. The lowest BCUT2D eigenvalue weighted by atomic mass is 9.94.